The van der Waals surface area contributed by atoms with Gasteiger partial charge in [-0.15, -0.1) is 0 Å². The summed E-state index contributed by atoms with van der Waals surface area (Å²) in [7, 11) is -5.78. The summed E-state index contributed by atoms with van der Waals surface area (Å²) in [5, 5.41) is 11.4. The summed E-state index contributed by atoms with van der Waals surface area (Å²) in [6, 6.07) is 2.83. The highest BCUT2D eigenvalue weighted by Crippen LogP contribution is 2.37. The zero-order valence-electron chi connectivity index (χ0n) is 15.4. The van der Waals surface area contributed by atoms with E-state index in [1.165, 1.54) is 9.80 Å². The van der Waals surface area contributed by atoms with Gasteiger partial charge in [-0.2, -0.15) is 13.2 Å². The van der Waals surface area contributed by atoms with Gasteiger partial charge in [0.1, 0.15) is 17.2 Å². The van der Waals surface area contributed by atoms with Gasteiger partial charge in [0.05, 0.1) is 9.82 Å². The van der Waals surface area contributed by atoms with Gasteiger partial charge in [-0.3, -0.25) is 10.1 Å². The first-order chi connectivity index (χ1) is 14.3. The molecule has 168 valence electrons. The van der Waals surface area contributed by atoms with Crippen LogP contribution in [-0.2, 0) is 9.84 Å². The van der Waals surface area contributed by atoms with Crippen molar-refractivity contribution in [3.8, 4) is 0 Å². The Hall–Kier alpha value is -3.03. The minimum absolute atomic E-state index is 0.0253. The summed E-state index contributed by atoms with van der Waals surface area (Å²) >= 11 is 0. The Morgan fingerprint density at radius 1 is 0.903 bits per heavy atom. The first-order valence-electron chi connectivity index (χ1n) is 8.57. The Labute approximate surface area is 171 Å². The molecule has 14 heteroatoms. The van der Waals surface area contributed by atoms with Crippen molar-refractivity contribution in [2.45, 2.75) is 10.4 Å². The van der Waals surface area contributed by atoms with Crippen molar-refractivity contribution < 1.29 is 39.7 Å². The summed E-state index contributed by atoms with van der Waals surface area (Å²) in [6.45, 7) is -0.136. The van der Waals surface area contributed by atoms with Crippen LogP contribution in [0.2, 0.25) is 0 Å². The highest BCUT2D eigenvalue weighted by Gasteiger charge is 2.47. The predicted molar refractivity (Wildman–Crippen MR) is 97.1 cm³/mol. The summed E-state index contributed by atoms with van der Waals surface area (Å²) in [4.78, 5) is 11.7. The van der Waals surface area contributed by atoms with Crippen LogP contribution in [0.15, 0.2) is 35.2 Å². The summed E-state index contributed by atoms with van der Waals surface area (Å²) < 4.78 is 102. The number of anilines is 2. The molecular formula is C17H13F6N3O4S. The molecule has 0 aromatic heterocycles. The lowest BCUT2D eigenvalue weighted by atomic mass is 10.2. The summed E-state index contributed by atoms with van der Waals surface area (Å²) in [6.07, 6.45) is 0. The molecule has 0 bridgehead atoms. The molecule has 0 amide bonds. The minimum atomic E-state index is -5.78. The standard InChI is InChI=1S/C17H13F6N3O4S/c18-10-7-12(19)16(13(20)8-10)25-5-3-24(4-6-25)14-2-1-11(9-15(14)26(27)28)31(29,30)17(21,22)23/h1-2,7-9H,3-6H2. The number of hydrogen-bond acceptors (Lipinski definition) is 6. The molecule has 1 aliphatic heterocycles. The third-order valence-electron chi connectivity index (χ3n) is 4.68. The van der Waals surface area contributed by atoms with E-state index in [9.17, 15) is 44.9 Å². The van der Waals surface area contributed by atoms with E-state index in [-0.39, 0.29) is 31.9 Å². The molecule has 3 rings (SSSR count). The zero-order valence-corrected chi connectivity index (χ0v) is 16.2. The van der Waals surface area contributed by atoms with Crippen LogP contribution >= 0.6 is 0 Å². The van der Waals surface area contributed by atoms with Crippen LogP contribution in [0, 0.1) is 27.6 Å². The van der Waals surface area contributed by atoms with Crippen molar-refractivity contribution in [2.75, 3.05) is 36.0 Å². The SMILES string of the molecule is O=[N+]([O-])c1cc(S(=O)(=O)C(F)(F)F)ccc1N1CCN(c2c(F)cc(F)cc2F)CC1. The molecule has 0 spiro atoms. The topological polar surface area (TPSA) is 83.8 Å². The highest BCUT2D eigenvalue weighted by molar-refractivity contribution is 7.92. The zero-order chi connectivity index (χ0) is 23.1. The van der Waals surface area contributed by atoms with Crippen LogP contribution in [0.25, 0.3) is 0 Å². The van der Waals surface area contributed by atoms with E-state index in [4.69, 9.17) is 0 Å². The van der Waals surface area contributed by atoms with Gasteiger partial charge in [-0.05, 0) is 12.1 Å². The molecule has 7 nitrogen and oxygen atoms in total. The average molecular weight is 469 g/mol. The van der Waals surface area contributed by atoms with Gasteiger partial charge in [0.15, 0.2) is 11.6 Å². The molecule has 31 heavy (non-hydrogen) atoms. The fourth-order valence-electron chi connectivity index (χ4n) is 3.23. The van der Waals surface area contributed by atoms with Crippen molar-refractivity contribution in [3.05, 3.63) is 57.9 Å². The van der Waals surface area contributed by atoms with Gasteiger partial charge in [-0.1, -0.05) is 0 Å². The van der Waals surface area contributed by atoms with Crippen LogP contribution in [0.1, 0.15) is 0 Å². The Morgan fingerprint density at radius 2 is 1.42 bits per heavy atom. The molecule has 1 fully saturated rings. The summed E-state index contributed by atoms with van der Waals surface area (Å²) in [5.41, 5.74) is -7.11. The van der Waals surface area contributed by atoms with E-state index < -0.39 is 54.0 Å². The molecule has 1 saturated heterocycles. The molecule has 1 heterocycles. The lowest BCUT2D eigenvalue weighted by molar-refractivity contribution is -0.384. The van der Waals surface area contributed by atoms with Crippen molar-refractivity contribution in [1.82, 2.24) is 0 Å². The fraction of sp³-hybridized carbons (Fsp3) is 0.294. The number of nitro benzene ring substituents is 1. The highest BCUT2D eigenvalue weighted by atomic mass is 32.2. The third kappa shape index (κ3) is 4.24. The van der Waals surface area contributed by atoms with Gasteiger partial charge >= 0.3 is 5.51 Å². The first-order valence-corrected chi connectivity index (χ1v) is 10.1. The van der Waals surface area contributed by atoms with Gasteiger partial charge in [0.25, 0.3) is 15.5 Å². The molecular weight excluding hydrogens is 456 g/mol. The van der Waals surface area contributed by atoms with E-state index in [2.05, 4.69) is 0 Å². The first kappa shape index (κ1) is 22.7. The number of alkyl halides is 3. The van der Waals surface area contributed by atoms with Crippen molar-refractivity contribution in [3.63, 3.8) is 0 Å². The van der Waals surface area contributed by atoms with E-state index >= 15 is 0 Å². The molecule has 0 atom stereocenters. The van der Waals surface area contributed by atoms with Crippen LogP contribution in [-0.4, -0.2) is 45.0 Å². The molecule has 1 aliphatic rings. The molecule has 0 N–H and O–H groups in total. The van der Waals surface area contributed by atoms with Gasteiger partial charge in [0, 0.05) is 44.4 Å². The summed E-state index contributed by atoms with van der Waals surface area (Å²) in [5.74, 6) is -3.35. The number of benzene rings is 2. The Balaban J connectivity index is 1.88. The van der Waals surface area contributed by atoms with Crippen molar-refractivity contribution >= 4 is 26.9 Å². The van der Waals surface area contributed by atoms with Gasteiger partial charge in [-0.25, -0.2) is 21.6 Å². The predicted octanol–water partition coefficient (Wildman–Crippen LogP) is 3.63. The largest absolute Gasteiger partial charge is 0.501 e. The molecule has 0 radical (unpaired) electrons. The smallest absolute Gasteiger partial charge is 0.363 e. The van der Waals surface area contributed by atoms with Crippen molar-refractivity contribution in [1.29, 1.82) is 0 Å². The molecule has 0 unspecified atom stereocenters. The van der Waals surface area contributed by atoms with E-state index in [0.717, 1.165) is 6.07 Å². The lowest BCUT2D eigenvalue weighted by Gasteiger charge is -2.37. The fourth-order valence-corrected chi connectivity index (χ4v) is 4.01. The normalized spacial score (nSPS) is 15.3. The van der Waals surface area contributed by atoms with Gasteiger partial charge in [0.2, 0.25) is 0 Å². The van der Waals surface area contributed by atoms with E-state index in [1.54, 1.807) is 0 Å². The third-order valence-corrected chi connectivity index (χ3v) is 6.16. The lowest BCUT2D eigenvalue weighted by Crippen LogP contribution is -2.47. The number of nitro groups is 1. The maximum absolute atomic E-state index is 14.0. The number of rotatable bonds is 4. The Bertz CT molecular complexity index is 1110. The second kappa shape index (κ2) is 7.90. The molecule has 0 aliphatic carbocycles. The maximum Gasteiger partial charge on any atom is 0.501 e. The minimum Gasteiger partial charge on any atom is -0.363 e. The quantitative estimate of drug-likeness (QED) is 0.386. The second-order valence-electron chi connectivity index (χ2n) is 6.55. The number of halogens is 6. The maximum atomic E-state index is 14.0. The number of sulfone groups is 1. The van der Waals surface area contributed by atoms with Gasteiger partial charge < -0.3 is 9.80 Å². The molecule has 2 aromatic rings. The second-order valence-corrected chi connectivity index (χ2v) is 8.49. The number of piperazine rings is 1. The van der Waals surface area contributed by atoms with Crippen LogP contribution in [0.4, 0.5) is 43.4 Å². The average Bonchev–Trinajstić information content (AvgIpc) is 2.66. The number of hydrogen-bond donors (Lipinski definition) is 0. The monoisotopic (exact) mass is 469 g/mol. The Kier molecular flexibility index (Phi) is 5.78. The molecule has 0 saturated carbocycles. The van der Waals surface area contributed by atoms with E-state index in [0.29, 0.717) is 24.3 Å². The van der Waals surface area contributed by atoms with E-state index in [1.807, 2.05) is 0 Å². The van der Waals surface area contributed by atoms with Crippen LogP contribution in [0.5, 0.6) is 0 Å². The van der Waals surface area contributed by atoms with Crippen molar-refractivity contribution in [2.24, 2.45) is 0 Å². The Morgan fingerprint density at radius 3 is 1.90 bits per heavy atom. The van der Waals surface area contributed by atoms with Crippen LogP contribution in [0.3, 0.4) is 0 Å². The number of nitrogens with zero attached hydrogens (tertiary/aromatic N) is 3. The van der Waals surface area contributed by atoms with Crippen LogP contribution < -0.4 is 9.80 Å². The molecule has 2 aromatic carbocycles.